The van der Waals surface area contributed by atoms with Crippen LogP contribution in [0.2, 0.25) is 0 Å². The topological polar surface area (TPSA) is 66.0 Å². The van der Waals surface area contributed by atoms with E-state index in [1.54, 1.807) is 0 Å². The first-order chi connectivity index (χ1) is 9.82. The number of anilines is 1. The van der Waals surface area contributed by atoms with Gasteiger partial charge in [0.1, 0.15) is 0 Å². The number of carbonyl (C=O) groups excluding carboxylic acids is 1. The van der Waals surface area contributed by atoms with Gasteiger partial charge in [-0.15, -0.1) is 0 Å². The van der Waals surface area contributed by atoms with E-state index in [0.29, 0.717) is 6.07 Å². The van der Waals surface area contributed by atoms with Gasteiger partial charge in [-0.25, -0.2) is 0 Å². The van der Waals surface area contributed by atoms with Crippen LogP contribution < -0.4 is 5.32 Å². The lowest BCUT2D eigenvalue weighted by Crippen LogP contribution is -2.14. The maximum Gasteiger partial charge on any atom is 0.417 e. The van der Waals surface area contributed by atoms with E-state index in [1.807, 2.05) is 0 Å². The zero-order valence-corrected chi connectivity index (χ0v) is 11.7. The Bertz CT molecular complexity index is 732. The lowest BCUT2D eigenvalue weighted by molar-refractivity contribution is -0.137. The van der Waals surface area contributed by atoms with Gasteiger partial charge in [0.05, 0.1) is 29.0 Å². The molecule has 4 nitrogen and oxygen atoms in total. The molecule has 21 heavy (non-hydrogen) atoms. The molecule has 0 bridgehead atoms. The van der Waals surface area contributed by atoms with Crippen LogP contribution in [0.1, 0.15) is 21.5 Å². The lowest BCUT2D eigenvalue weighted by Gasteiger charge is -2.11. The number of hydrogen-bond donors (Lipinski definition) is 1. The van der Waals surface area contributed by atoms with E-state index in [0.717, 1.165) is 6.07 Å². The van der Waals surface area contributed by atoms with Gasteiger partial charge in [0.15, 0.2) is 4.67 Å². The summed E-state index contributed by atoms with van der Waals surface area (Å²) in [7, 11) is 0. The lowest BCUT2D eigenvalue weighted by atomic mass is 10.1. The van der Waals surface area contributed by atoms with Gasteiger partial charge < -0.3 is 9.73 Å². The first-order valence-corrected chi connectivity index (χ1v) is 6.28. The van der Waals surface area contributed by atoms with Crippen LogP contribution in [0.3, 0.4) is 0 Å². The van der Waals surface area contributed by atoms with Crippen molar-refractivity contribution in [3.05, 3.63) is 51.9 Å². The summed E-state index contributed by atoms with van der Waals surface area (Å²) in [5.74, 6) is -0.631. The van der Waals surface area contributed by atoms with E-state index < -0.39 is 23.2 Å². The van der Waals surface area contributed by atoms with Crippen molar-refractivity contribution < 1.29 is 22.4 Å². The molecule has 8 heteroatoms. The number of amides is 1. The molecule has 0 spiro atoms. The Morgan fingerprint density at radius 3 is 2.57 bits per heavy atom. The van der Waals surface area contributed by atoms with Crippen LogP contribution in [-0.4, -0.2) is 5.91 Å². The van der Waals surface area contributed by atoms with Gasteiger partial charge in [-0.3, -0.25) is 4.79 Å². The highest BCUT2D eigenvalue weighted by molar-refractivity contribution is 9.10. The predicted molar refractivity (Wildman–Crippen MR) is 70.5 cm³/mol. The van der Waals surface area contributed by atoms with Gasteiger partial charge in [0.25, 0.3) is 5.91 Å². The average Bonchev–Trinajstić information content (AvgIpc) is 2.84. The van der Waals surface area contributed by atoms with Gasteiger partial charge in [-0.1, -0.05) is 0 Å². The van der Waals surface area contributed by atoms with E-state index in [2.05, 4.69) is 21.2 Å². The third kappa shape index (κ3) is 3.25. The number of hydrogen-bond acceptors (Lipinski definition) is 3. The molecule has 108 valence electrons. The van der Waals surface area contributed by atoms with Crippen LogP contribution >= 0.6 is 15.9 Å². The Balaban J connectivity index is 2.32. The summed E-state index contributed by atoms with van der Waals surface area (Å²) in [5.41, 5.74) is -1.54. The molecule has 1 N–H and O–H groups in total. The molecule has 1 heterocycles. The van der Waals surface area contributed by atoms with Crippen LogP contribution in [-0.2, 0) is 6.18 Å². The third-order valence-corrected chi connectivity index (χ3v) is 3.18. The predicted octanol–water partition coefficient (Wildman–Crippen LogP) is 4.18. The van der Waals surface area contributed by atoms with Gasteiger partial charge in [0.2, 0.25) is 0 Å². The van der Waals surface area contributed by atoms with Crippen LogP contribution in [0.25, 0.3) is 0 Å². The highest BCUT2D eigenvalue weighted by Gasteiger charge is 2.34. The Labute approximate surface area is 125 Å². The molecule has 0 atom stereocenters. The van der Waals surface area contributed by atoms with Crippen molar-refractivity contribution >= 4 is 27.5 Å². The Morgan fingerprint density at radius 1 is 1.33 bits per heavy atom. The van der Waals surface area contributed by atoms with Crippen LogP contribution in [0.15, 0.2) is 39.6 Å². The molecular formula is C13H6BrF3N2O2. The van der Waals surface area contributed by atoms with Crippen molar-refractivity contribution in [1.29, 1.82) is 5.26 Å². The summed E-state index contributed by atoms with van der Waals surface area (Å²) in [5, 5.41) is 11.0. The van der Waals surface area contributed by atoms with Crippen molar-refractivity contribution in [1.82, 2.24) is 0 Å². The Kier molecular flexibility index (Phi) is 4.04. The zero-order valence-electron chi connectivity index (χ0n) is 10.2. The maximum atomic E-state index is 12.8. The monoisotopic (exact) mass is 358 g/mol. The molecule has 0 unspecified atom stereocenters. The number of furan rings is 1. The summed E-state index contributed by atoms with van der Waals surface area (Å²) in [6, 6.07) is 5.77. The molecule has 0 saturated heterocycles. The molecule has 0 aliphatic rings. The van der Waals surface area contributed by atoms with E-state index in [-0.39, 0.29) is 15.9 Å². The first-order valence-electron chi connectivity index (χ1n) is 5.48. The molecule has 2 aromatic rings. The Morgan fingerprint density at radius 2 is 2.05 bits per heavy atom. The summed E-state index contributed by atoms with van der Waals surface area (Å²) in [6.45, 7) is 0. The first kappa shape index (κ1) is 15.1. The molecule has 0 saturated carbocycles. The SMILES string of the molecule is N#Cc1ccc(NC(=O)c2ccoc2Br)cc1C(F)(F)F. The van der Waals surface area contributed by atoms with E-state index in [9.17, 15) is 18.0 Å². The van der Waals surface area contributed by atoms with Gasteiger partial charge >= 0.3 is 6.18 Å². The normalized spacial score (nSPS) is 11.0. The largest absolute Gasteiger partial charge is 0.457 e. The molecule has 2 rings (SSSR count). The smallest absolute Gasteiger partial charge is 0.417 e. The minimum absolute atomic E-state index is 0.0700. The molecule has 0 aliphatic carbocycles. The van der Waals surface area contributed by atoms with Crippen LogP contribution in [0.5, 0.6) is 0 Å². The van der Waals surface area contributed by atoms with Crippen molar-refractivity contribution in [3.63, 3.8) is 0 Å². The Hall–Kier alpha value is -2.27. The molecule has 0 fully saturated rings. The van der Waals surface area contributed by atoms with Crippen LogP contribution in [0, 0.1) is 11.3 Å². The third-order valence-electron chi connectivity index (χ3n) is 2.57. The van der Waals surface area contributed by atoms with Crippen molar-refractivity contribution in [3.8, 4) is 6.07 Å². The number of halogens is 4. The second-order valence-electron chi connectivity index (χ2n) is 3.93. The number of benzene rings is 1. The quantitative estimate of drug-likeness (QED) is 0.875. The average molecular weight is 359 g/mol. The fraction of sp³-hybridized carbons (Fsp3) is 0.0769. The van der Waals surface area contributed by atoms with Gasteiger partial charge in [0, 0.05) is 5.69 Å². The molecule has 0 radical (unpaired) electrons. The zero-order chi connectivity index (χ0) is 15.6. The number of nitrogens with one attached hydrogen (secondary N) is 1. The highest BCUT2D eigenvalue weighted by atomic mass is 79.9. The second kappa shape index (κ2) is 5.61. The molecule has 1 amide bonds. The number of nitrogens with zero attached hydrogens (tertiary/aromatic N) is 1. The standard InChI is InChI=1S/C13H6BrF3N2O2/c14-11-9(3-4-21-11)12(20)19-8-2-1-7(6-18)10(5-8)13(15,16)17/h1-5H,(H,19,20). The number of alkyl halides is 3. The highest BCUT2D eigenvalue weighted by Crippen LogP contribution is 2.33. The van der Waals surface area contributed by atoms with Gasteiger partial charge in [-0.2, -0.15) is 18.4 Å². The van der Waals surface area contributed by atoms with Crippen molar-refractivity contribution in [2.75, 3.05) is 5.32 Å². The van der Waals surface area contributed by atoms with Crippen molar-refractivity contribution in [2.24, 2.45) is 0 Å². The minimum atomic E-state index is -4.68. The maximum absolute atomic E-state index is 12.8. The summed E-state index contributed by atoms with van der Waals surface area (Å²) in [6.07, 6.45) is -3.42. The van der Waals surface area contributed by atoms with Crippen LogP contribution in [0.4, 0.5) is 18.9 Å². The van der Waals surface area contributed by atoms with E-state index in [4.69, 9.17) is 9.68 Å². The fourth-order valence-electron chi connectivity index (χ4n) is 1.61. The minimum Gasteiger partial charge on any atom is -0.457 e. The molecular weight excluding hydrogens is 353 g/mol. The molecule has 0 aliphatic heterocycles. The summed E-state index contributed by atoms with van der Waals surface area (Å²) in [4.78, 5) is 11.9. The fourth-order valence-corrected chi connectivity index (χ4v) is 2.03. The van der Waals surface area contributed by atoms with Crippen molar-refractivity contribution in [2.45, 2.75) is 6.18 Å². The van der Waals surface area contributed by atoms with Gasteiger partial charge in [-0.05, 0) is 40.2 Å². The number of carbonyl (C=O) groups is 1. The summed E-state index contributed by atoms with van der Waals surface area (Å²) >= 11 is 3.00. The molecule has 1 aromatic heterocycles. The number of rotatable bonds is 2. The van der Waals surface area contributed by atoms with E-state index in [1.165, 1.54) is 24.5 Å². The second-order valence-corrected chi connectivity index (χ2v) is 4.65. The summed E-state index contributed by atoms with van der Waals surface area (Å²) < 4.78 is 43.5. The number of nitriles is 1. The molecule has 1 aromatic carbocycles. The van der Waals surface area contributed by atoms with E-state index >= 15 is 0 Å².